The largest absolute Gasteiger partial charge is 0.381 e. The molecule has 11 heavy (non-hydrogen) atoms. The van der Waals surface area contributed by atoms with Crippen molar-refractivity contribution >= 4 is 0 Å². The van der Waals surface area contributed by atoms with Gasteiger partial charge in [-0.25, -0.2) is 0 Å². The van der Waals surface area contributed by atoms with Crippen molar-refractivity contribution in [3.05, 3.63) is 0 Å². The maximum atomic E-state index is 5.43. The number of ether oxygens (including phenoxy) is 1. The highest BCUT2D eigenvalue weighted by Crippen LogP contribution is 2.42. The number of hydrogen-bond acceptors (Lipinski definition) is 2. The topological polar surface area (TPSA) is 12.5 Å². The SMILES string of the molecule is CC1COCCC12CN(C)C2. The molecular formula is C9H17NO. The molecule has 0 aromatic heterocycles. The van der Waals surface area contributed by atoms with E-state index in [1.54, 1.807) is 0 Å². The van der Waals surface area contributed by atoms with Crippen LogP contribution in [0, 0.1) is 11.3 Å². The summed E-state index contributed by atoms with van der Waals surface area (Å²) >= 11 is 0. The predicted molar refractivity (Wildman–Crippen MR) is 44.5 cm³/mol. The Balaban J connectivity index is 2.00. The molecule has 64 valence electrons. The van der Waals surface area contributed by atoms with Crippen LogP contribution in [0.4, 0.5) is 0 Å². The van der Waals surface area contributed by atoms with Gasteiger partial charge < -0.3 is 9.64 Å². The van der Waals surface area contributed by atoms with Gasteiger partial charge >= 0.3 is 0 Å². The quantitative estimate of drug-likeness (QED) is 0.517. The van der Waals surface area contributed by atoms with Crippen LogP contribution in [0.25, 0.3) is 0 Å². The molecule has 0 aromatic carbocycles. The molecule has 0 bridgehead atoms. The first kappa shape index (κ1) is 7.56. The zero-order valence-electron chi connectivity index (χ0n) is 7.47. The number of hydrogen-bond donors (Lipinski definition) is 0. The second-order valence-electron chi connectivity index (χ2n) is 4.26. The van der Waals surface area contributed by atoms with Gasteiger partial charge in [-0.1, -0.05) is 6.92 Å². The third kappa shape index (κ3) is 1.09. The fourth-order valence-corrected chi connectivity index (χ4v) is 2.46. The van der Waals surface area contributed by atoms with Crippen LogP contribution in [-0.4, -0.2) is 38.3 Å². The molecule has 2 fully saturated rings. The molecule has 2 saturated heterocycles. The van der Waals surface area contributed by atoms with E-state index < -0.39 is 0 Å². The summed E-state index contributed by atoms with van der Waals surface area (Å²) in [5, 5.41) is 0. The first-order valence-electron chi connectivity index (χ1n) is 4.49. The molecular weight excluding hydrogens is 138 g/mol. The van der Waals surface area contributed by atoms with Crippen molar-refractivity contribution < 1.29 is 4.74 Å². The third-order valence-corrected chi connectivity index (χ3v) is 3.33. The highest BCUT2D eigenvalue weighted by molar-refractivity contribution is 4.98. The molecule has 2 heterocycles. The van der Waals surface area contributed by atoms with Crippen molar-refractivity contribution in [2.45, 2.75) is 13.3 Å². The molecule has 0 saturated carbocycles. The molecule has 0 aliphatic carbocycles. The van der Waals surface area contributed by atoms with Gasteiger partial charge in [0.15, 0.2) is 0 Å². The highest BCUT2D eigenvalue weighted by Gasteiger charge is 2.46. The van der Waals surface area contributed by atoms with Gasteiger partial charge in [-0.05, 0) is 19.4 Å². The Morgan fingerprint density at radius 3 is 2.73 bits per heavy atom. The number of likely N-dealkylation sites (tertiary alicyclic amines) is 1. The van der Waals surface area contributed by atoms with Crippen LogP contribution < -0.4 is 0 Å². The fourth-order valence-electron chi connectivity index (χ4n) is 2.46. The summed E-state index contributed by atoms with van der Waals surface area (Å²) < 4.78 is 5.43. The van der Waals surface area contributed by atoms with Crippen molar-refractivity contribution in [2.75, 3.05) is 33.4 Å². The van der Waals surface area contributed by atoms with E-state index in [1.165, 1.54) is 19.5 Å². The zero-order chi connectivity index (χ0) is 7.90. The highest BCUT2D eigenvalue weighted by atomic mass is 16.5. The second kappa shape index (κ2) is 2.46. The molecule has 1 spiro atoms. The van der Waals surface area contributed by atoms with Crippen molar-refractivity contribution in [1.29, 1.82) is 0 Å². The summed E-state index contributed by atoms with van der Waals surface area (Å²) in [5.41, 5.74) is 0.632. The average Bonchev–Trinajstić information content (AvgIpc) is 1.92. The predicted octanol–water partition coefficient (Wildman–Crippen LogP) is 0.975. The van der Waals surface area contributed by atoms with E-state index in [4.69, 9.17) is 4.74 Å². The van der Waals surface area contributed by atoms with E-state index in [0.717, 1.165) is 19.1 Å². The Hall–Kier alpha value is -0.0800. The van der Waals surface area contributed by atoms with Gasteiger partial charge in [-0.15, -0.1) is 0 Å². The molecule has 0 radical (unpaired) electrons. The molecule has 2 aliphatic heterocycles. The molecule has 2 heteroatoms. The van der Waals surface area contributed by atoms with Crippen LogP contribution in [0.1, 0.15) is 13.3 Å². The summed E-state index contributed by atoms with van der Waals surface area (Å²) in [6.45, 7) is 6.87. The minimum atomic E-state index is 0.632. The van der Waals surface area contributed by atoms with Crippen LogP contribution in [0.5, 0.6) is 0 Å². The van der Waals surface area contributed by atoms with Crippen LogP contribution in [0.3, 0.4) is 0 Å². The van der Waals surface area contributed by atoms with Crippen LogP contribution in [0.2, 0.25) is 0 Å². The van der Waals surface area contributed by atoms with Crippen molar-refractivity contribution in [2.24, 2.45) is 11.3 Å². The Labute approximate surface area is 68.5 Å². The third-order valence-electron chi connectivity index (χ3n) is 3.33. The van der Waals surface area contributed by atoms with Gasteiger partial charge in [0.1, 0.15) is 0 Å². The van der Waals surface area contributed by atoms with Crippen molar-refractivity contribution in [3.8, 4) is 0 Å². The lowest BCUT2D eigenvalue weighted by Crippen LogP contribution is -2.60. The number of nitrogens with zero attached hydrogens (tertiary/aromatic N) is 1. The van der Waals surface area contributed by atoms with E-state index in [0.29, 0.717) is 5.41 Å². The minimum absolute atomic E-state index is 0.632. The summed E-state index contributed by atoms with van der Waals surface area (Å²) in [7, 11) is 2.20. The Bertz CT molecular complexity index is 146. The van der Waals surface area contributed by atoms with Crippen molar-refractivity contribution in [3.63, 3.8) is 0 Å². The molecule has 0 N–H and O–H groups in total. The first-order chi connectivity index (χ1) is 5.23. The first-order valence-corrected chi connectivity index (χ1v) is 4.49. The average molecular weight is 155 g/mol. The summed E-state index contributed by atoms with van der Waals surface area (Å²) in [5.74, 6) is 0.771. The summed E-state index contributed by atoms with van der Waals surface area (Å²) in [6.07, 6.45) is 1.28. The van der Waals surface area contributed by atoms with Gasteiger partial charge in [0.2, 0.25) is 0 Å². The van der Waals surface area contributed by atoms with Crippen LogP contribution >= 0.6 is 0 Å². The van der Waals surface area contributed by atoms with Gasteiger partial charge in [-0.2, -0.15) is 0 Å². The van der Waals surface area contributed by atoms with Gasteiger partial charge in [-0.3, -0.25) is 0 Å². The Morgan fingerprint density at radius 2 is 2.18 bits per heavy atom. The van der Waals surface area contributed by atoms with Gasteiger partial charge in [0.05, 0.1) is 0 Å². The second-order valence-corrected chi connectivity index (χ2v) is 4.26. The zero-order valence-corrected chi connectivity index (χ0v) is 7.47. The lowest BCUT2D eigenvalue weighted by Gasteiger charge is -2.54. The van der Waals surface area contributed by atoms with Crippen LogP contribution in [0.15, 0.2) is 0 Å². The normalized spacial score (nSPS) is 37.1. The lowest BCUT2D eigenvalue weighted by atomic mass is 9.67. The van der Waals surface area contributed by atoms with Gasteiger partial charge in [0, 0.05) is 31.7 Å². The molecule has 1 atom stereocenters. The smallest absolute Gasteiger partial charge is 0.0497 e. The maximum absolute atomic E-state index is 5.43. The van der Waals surface area contributed by atoms with E-state index in [-0.39, 0.29) is 0 Å². The van der Waals surface area contributed by atoms with Crippen molar-refractivity contribution in [1.82, 2.24) is 4.90 Å². The molecule has 0 aromatic rings. The van der Waals surface area contributed by atoms with E-state index in [2.05, 4.69) is 18.9 Å². The van der Waals surface area contributed by atoms with E-state index in [9.17, 15) is 0 Å². The summed E-state index contributed by atoms with van der Waals surface area (Å²) in [4.78, 5) is 2.40. The lowest BCUT2D eigenvalue weighted by molar-refractivity contribution is -0.111. The van der Waals surface area contributed by atoms with Gasteiger partial charge in [0.25, 0.3) is 0 Å². The molecule has 2 aliphatic rings. The maximum Gasteiger partial charge on any atom is 0.0497 e. The Kier molecular flexibility index (Phi) is 1.69. The molecule has 1 unspecified atom stereocenters. The molecule has 2 nitrogen and oxygen atoms in total. The number of rotatable bonds is 0. The minimum Gasteiger partial charge on any atom is -0.381 e. The van der Waals surface area contributed by atoms with Crippen LogP contribution in [-0.2, 0) is 4.74 Å². The molecule has 2 rings (SSSR count). The molecule has 0 amide bonds. The van der Waals surface area contributed by atoms with E-state index >= 15 is 0 Å². The van der Waals surface area contributed by atoms with E-state index in [1.807, 2.05) is 0 Å². The monoisotopic (exact) mass is 155 g/mol. The fraction of sp³-hybridized carbons (Fsp3) is 1.00. The summed E-state index contributed by atoms with van der Waals surface area (Å²) in [6, 6.07) is 0. The Morgan fingerprint density at radius 1 is 1.45 bits per heavy atom. The standard InChI is InChI=1S/C9H17NO/c1-8-5-11-4-3-9(8)6-10(2)7-9/h8H,3-7H2,1-2H3.